The summed E-state index contributed by atoms with van der Waals surface area (Å²) in [5.74, 6) is 1.79. The summed E-state index contributed by atoms with van der Waals surface area (Å²) in [5.41, 5.74) is 1.25. The number of hydrogen-bond acceptors (Lipinski definition) is 7. The van der Waals surface area contributed by atoms with Gasteiger partial charge in [-0.3, -0.25) is 4.79 Å². The molecule has 0 aliphatic carbocycles. The Hall–Kier alpha value is -2.87. The molecule has 2 aromatic rings. The molecule has 0 spiro atoms. The molecule has 2 N–H and O–H groups in total. The Bertz CT molecular complexity index is 751. The van der Waals surface area contributed by atoms with Crippen molar-refractivity contribution in [3.05, 3.63) is 41.9 Å². The topological polar surface area (TPSA) is 88.6 Å². The monoisotopic (exact) mass is 343 g/mol. The number of fused-ring (bicyclic) bond motifs is 1. The van der Waals surface area contributed by atoms with Gasteiger partial charge in [0.2, 0.25) is 6.79 Å². The van der Waals surface area contributed by atoms with Crippen molar-refractivity contribution in [1.82, 2.24) is 20.2 Å². The van der Waals surface area contributed by atoms with Crippen molar-refractivity contribution in [1.29, 1.82) is 0 Å². The molecule has 2 heterocycles. The Morgan fingerprint density at radius 3 is 2.88 bits per heavy atom. The Kier molecular flexibility index (Phi) is 5.30. The first-order valence-corrected chi connectivity index (χ1v) is 7.99. The van der Waals surface area contributed by atoms with Crippen LogP contribution in [0.2, 0.25) is 0 Å². The van der Waals surface area contributed by atoms with Crippen molar-refractivity contribution >= 4 is 11.7 Å². The van der Waals surface area contributed by atoms with Crippen LogP contribution in [0.25, 0.3) is 0 Å². The molecule has 0 atom stereocenters. The molecule has 0 saturated heterocycles. The lowest BCUT2D eigenvalue weighted by molar-refractivity contribution is 0.0945. The van der Waals surface area contributed by atoms with E-state index in [0.29, 0.717) is 23.8 Å². The van der Waals surface area contributed by atoms with Crippen molar-refractivity contribution in [2.75, 3.05) is 39.3 Å². The standard InChI is InChI=1S/C17H21N5O3/c1-22(2)6-5-18-16-8-13(20-10-21-16)17(23)19-9-12-3-4-14-15(7-12)25-11-24-14/h3-4,7-8,10H,5-6,9,11H2,1-2H3,(H,19,23)(H,18,20,21). The summed E-state index contributed by atoms with van der Waals surface area (Å²) in [5, 5.41) is 6.02. The average molecular weight is 343 g/mol. The van der Waals surface area contributed by atoms with Gasteiger partial charge in [0.15, 0.2) is 11.5 Å². The quantitative estimate of drug-likeness (QED) is 0.778. The highest BCUT2D eigenvalue weighted by atomic mass is 16.7. The minimum absolute atomic E-state index is 0.232. The molecule has 132 valence electrons. The van der Waals surface area contributed by atoms with Crippen LogP contribution in [0.4, 0.5) is 5.82 Å². The van der Waals surface area contributed by atoms with Crippen LogP contribution in [0.15, 0.2) is 30.6 Å². The van der Waals surface area contributed by atoms with Crippen molar-refractivity contribution in [2.45, 2.75) is 6.54 Å². The van der Waals surface area contributed by atoms with Crippen molar-refractivity contribution < 1.29 is 14.3 Å². The zero-order valence-corrected chi connectivity index (χ0v) is 14.3. The number of hydrogen-bond donors (Lipinski definition) is 2. The highest BCUT2D eigenvalue weighted by molar-refractivity contribution is 5.92. The number of nitrogens with zero attached hydrogens (tertiary/aromatic N) is 3. The smallest absolute Gasteiger partial charge is 0.270 e. The molecule has 0 unspecified atom stereocenters. The predicted molar refractivity (Wildman–Crippen MR) is 92.8 cm³/mol. The summed E-state index contributed by atoms with van der Waals surface area (Å²) < 4.78 is 10.6. The molecule has 8 nitrogen and oxygen atoms in total. The van der Waals surface area contributed by atoms with E-state index in [2.05, 4.69) is 25.5 Å². The second-order valence-corrected chi connectivity index (χ2v) is 5.89. The number of likely N-dealkylation sites (N-methyl/N-ethyl adjacent to an activating group) is 1. The van der Waals surface area contributed by atoms with Gasteiger partial charge in [0, 0.05) is 25.7 Å². The molecule has 0 saturated carbocycles. The third-order valence-electron chi connectivity index (χ3n) is 3.65. The van der Waals surface area contributed by atoms with Gasteiger partial charge in [0.05, 0.1) is 0 Å². The maximum atomic E-state index is 12.3. The van der Waals surface area contributed by atoms with Crippen LogP contribution >= 0.6 is 0 Å². The van der Waals surface area contributed by atoms with Gasteiger partial charge in [-0.2, -0.15) is 0 Å². The first-order chi connectivity index (χ1) is 12.1. The van der Waals surface area contributed by atoms with Crippen molar-refractivity contribution in [3.63, 3.8) is 0 Å². The average Bonchev–Trinajstić information content (AvgIpc) is 3.07. The summed E-state index contributed by atoms with van der Waals surface area (Å²) in [6.45, 7) is 2.22. The molecular weight excluding hydrogens is 322 g/mol. The lowest BCUT2D eigenvalue weighted by atomic mass is 10.2. The van der Waals surface area contributed by atoms with E-state index in [1.54, 1.807) is 6.07 Å². The molecule has 1 aliphatic rings. The fourth-order valence-corrected chi connectivity index (χ4v) is 2.31. The molecule has 0 fully saturated rings. The highest BCUT2D eigenvalue weighted by Crippen LogP contribution is 2.32. The van der Waals surface area contributed by atoms with Gasteiger partial charge in [0.1, 0.15) is 17.8 Å². The van der Waals surface area contributed by atoms with Gasteiger partial charge >= 0.3 is 0 Å². The van der Waals surface area contributed by atoms with E-state index >= 15 is 0 Å². The van der Waals surface area contributed by atoms with E-state index in [0.717, 1.165) is 24.4 Å². The summed E-state index contributed by atoms with van der Waals surface area (Å²) in [4.78, 5) is 22.5. The fourth-order valence-electron chi connectivity index (χ4n) is 2.31. The minimum atomic E-state index is -0.254. The van der Waals surface area contributed by atoms with E-state index in [9.17, 15) is 4.79 Å². The minimum Gasteiger partial charge on any atom is -0.454 e. The van der Waals surface area contributed by atoms with Gasteiger partial charge in [-0.15, -0.1) is 0 Å². The SMILES string of the molecule is CN(C)CCNc1cc(C(=O)NCc2ccc3c(c2)OCO3)ncn1. The van der Waals surface area contributed by atoms with E-state index in [1.165, 1.54) is 6.33 Å². The van der Waals surface area contributed by atoms with E-state index in [4.69, 9.17) is 9.47 Å². The van der Waals surface area contributed by atoms with Gasteiger partial charge in [0.25, 0.3) is 5.91 Å². The first kappa shape index (κ1) is 17.0. The van der Waals surface area contributed by atoms with Crippen molar-refractivity contribution in [3.8, 4) is 11.5 Å². The lowest BCUT2D eigenvalue weighted by Gasteiger charge is -2.11. The van der Waals surface area contributed by atoms with Crippen molar-refractivity contribution in [2.24, 2.45) is 0 Å². The van der Waals surface area contributed by atoms with Crippen LogP contribution in [0.5, 0.6) is 11.5 Å². The van der Waals surface area contributed by atoms with Crippen LogP contribution in [0.1, 0.15) is 16.1 Å². The molecule has 0 radical (unpaired) electrons. The fraction of sp³-hybridized carbons (Fsp3) is 0.353. The predicted octanol–water partition coefficient (Wildman–Crippen LogP) is 1.11. The summed E-state index contributed by atoms with van der Waals surface area (Å²) >= 11 is 0. The summed E-state index contributed by atoms with van der Waals surface area (Å²) in [6.07, 6.45) is 1.38. The maximum absolute atomic E-state index is 12.3. The molecular formula is C17H21N5O3. The van der Waals surface area contributed by atoms with Gasteiger partial charge in [-0.25, -0.2) is 9.97 Å². The Balaban J connectivity index is 1.56. The number of carbonyl (C=O) groups excluding carboxylic acids is 1. The van der Waals surface area contributed by atoms with Gasteiger partial charge < -0.3 is 25.0 Å². The lowest BCUT2D eigenvalue weighted by Crippen LogP contribution is -2.24. The number of amides is 1. The number of aromatic nitrogens is 2. The van der Waals surface area contributed by atoms with E-state index in [1.807, 2.05) is 32.3 Å². The second-order valence-electron chi connectivity index (χ2n) is 5.89. The Morgan fingerprint density at radius 1 is 1.20 bits per heavy atom. The number of anilines is 1. The molecule has 3 rings (SSSR count). The van der Waals surface area contributed by atoms with Gasteiger partial charge in [-0.05, 0) is 31.8 Å². The first-order valence-electron chi connectivity index (χ1n) is 7.99. The van der Waals surface area contributed by atoms with E-state index < -0.39 is 0 Å². The Labute approximate surface area is 146 Å². The zero-order chi connectivity index (χ0) is 17.6. The Morgan fingerprint density at radius 2 is 2.04 bits per heavy atom. The molecule has 1 amide bonds. The summed E-state index contributed by atoms with van der Waals surface area (Å²) in [7, 11) is 3.99. The second kappa shape index (κ2) is 7.80. The normalized spacial score (nSPS) is 12.3. The number of nitrogens with one attached hydrogen (secondary N) is 2. The molecule has 0 bridgehead atoms. The molecule has 1 aliphatic heterocycles. The number of rotatable bonds is 7. The molecule has 1 aromatic carbocycles. The number of benzene rings is 1. The van der Waals surface area contributed by atoms with Crippen LogP contribution in [0.3, 0.4) is 0 Å². The number of ether oxygens (including phenoxy) is 2. The molecule has 1 aromatic heterocycles. The molecule has 25 heavy (non-hydrogen) atoms. The highest BCUT2D eigenvalue weighted by Gasteiger charge is 2.14. The number of carbonyl (C=O) groups is 1. The van der Waals surface area contributed by atoms with Crippen LogP contribution in [-0.2, 0) is 6.54 Å². The maximum Gasteiger partial charge on any atom is 0.270 e. The van der Waals surface area contributed by atoms with Crippen LogP contribution in [0, 0.1) is 0 Å². The third kappa shape index (κ3) is 4.57. The largest absolute Gasteiger partial charge is 0.454 e. The van der Waals surface area contributed by atoms with Crippen LogP contribution < -0.4 is 20.1 Å². The van der Waals surface area contributed by atoms with E-state index in [-0.39, 0.29) is 12.7 Å². The molecule has 8 heteroatoms. The summed E-state index contributed by atoms with van der Waals surface area (Å²) in [6, 6.07) is 7.23. The third-order valence-corrected chi connectivity index (χ3v) is 3.65. The zero-order valence-electron chi connectivity index (χ0n) is 14.3. The van der Waals surface area contributed by atoms with Crippen LogP contribution in [-0.4, -0.2) is 54.8 Å². The van der Waals surface area contributed by atoms with Gasteiger partial charge in [-0.1, -0.05) is 6.07 Å².